The van der Waals surface area contributed by atoms with Crippen molar-refractivity contribution in [2.24, 2.45) is 0 Å². The van der Waals surface area contributed by atoms with Gasteiger partial charge < -0.3 is 15.2 Å². The summed E-state index contributed by atoms with van der Waals surface area (Å²) in [5.41, 5.74) is 2.60. The molecule has 3 rings (SSSR count). The van der Waals surface area contributed by atoms with Crippen molar-refractivity contribution in [3.05, 3.63) is 48.5 Å². The Labute approximate surface area is 133 Å². The molecular weight excluding hydrogens is 294 g/mol. The van der Waals surface area contributed by atoms with E-state index >= 15 is 0 Å². The molecule has 0 aliphatic carbocycles. The molecule has 118 valence electrons. The maximum absolute atomic E-state index is 8.95. The van der Waals surface area contributed by atoms with E-state index in [1.165, 1.54) is 4.80 Å². The van der Waals surface area contributed by atoms with Gasteiger partial charge in [0.05, 0.1) is 20.3 Å². The molecule has 3 aromatic rings. The molecule has 7 heteroatoms. The topological polar surface area (TPSA) is 85.1 Å². The first-order chi connectivity index (χ1) is 11.3. The molecule has 0 unspecified atom stereocenters. The second-order valence-electron chi connectivity index (χ2n) is 4.84. The molecule has 0 saturated carbocycles. The zero-order valence-corrected chi connectivity index (χ0v) is 12.7. The Bertz CT molecular complexity index is 787. The van der Waals surface area contributed by atoms with Gasteiger partial charge in [0, 0.05) is 23.0 Å². The smallest absolute Gasteiger partial charge is 0.207 e. The molecule has 7 nitrogen and oxygen atoms in total. The lowest BCUT2D eigenvalue weighted by atomic mass is 10.1. The van der Waals surface area contributed by atoms with Crippen LogP contribution in [0.1, 0.15) is 0 Å². The van der Waals surface area contributed by atoms with E-state index in [0.29, 0.717) is 12.4 Å². The fourth-order valence-electron chi connectivity index (χ4n) is 2.18. The second-order valence-corrected chi connectivity index (χ2v) is 4.84. The number of ether oxygens (including phenoxy) is 1. The number of nitrogens with one attached hydrogen (secondary N) is 1. The molecular formula is C16H17N5O2. The van der Waals surface area contributed by atoms with Gasteiger partial charge in [0.15, 0.2) is 0 Å². The van der Waals surface area contributed by atoms with E-state index in [-0.39, 0.29) is 6.61 Å². The number of hydrogen-bond acceptors (Lipinski definition) is 6. The number of anilines is 2. The lowest BCUT2D eigenvalue weighted by Crippen LogP contribution is -2.05. The number of tetrazole rings is 1. The number of aliphatic hydroxyl groups excluding tert-OH is 1. The molecule has 0 amide bonds. The van der Waals surface area contributed by atoms with Gasteiger partial charge in [-0.25, -0.2) is 0 Å². The lowest BCUT2D eigenvalue weighted by molar-refractivity contribution is 0.259. The van der Waals surface area contributed by atoms with E-state index in [1.807, 2.05) is 48.5 Å². The number of nitrogens with zero attached hydrogens (tertiary/aromatic N) is 4. The minimum Gasteiger partial charge on any atom is -0.497 e. The van der Waals surface area contributed by atoms with Crippen molar-refractivity contribution >= 4 is 11.4 Å². The summed E-state index contributed by atoms with van der Waals surface area (Å²) in [5, 5.41) is 24.5. The number of methoxy groups -OCH3 is 1. The van der Waals surface area contributed by atoms with Crippen molar-refractivity contribution in [2.75, 3.05) is 19.0 Å². The van der Waals surface area contributed by atoms with Gasteiger partial charge in [0.25, 0.3) is 0 Å². The summed E-state index contributed by atoms with van der Waals surface area (Å²) < 4.78 is 5.24. The van der Waals surface area contributed by atoms with Crippen LogP contribution in [0.15, 0.2) is 48.5 Å². The summed E-state index contributed by atoms with van der Waals surface area (Å²) in [6.45, 7) is 0.290. The van der Waals surface area contributed by atoms with E-state index in [2.05, 4.69) is 20.7 Å². The number of aliphatic hydroxyl groups is 1. The minimum atomic E-state index is -0.0283. The first-order valence-electron chi connectivity index (χ1n) is 7.19. The summed E-state index contributed by atoms with van der Waals surface area (Å²) in [4.78, 5) is 1.37. The molecule has 23 heavy (non-hydrogen) atoms. The highest BCUT2D eigenvalue weighted by Crippen LogP contribution is 2.28. The zero-order chi connectivity index (χ0) is 16.1. The zero-order valence-electron chi connectivity index (χ0n) is 12.7. The summed E-state index contributed by atoms with van der Waals surface area (Å²) in [6, 6.07) is 15.4. The third-order valence-corrected chi connectivity index (χ3v) is 3.27. The molecule has 1 heterocycles. The van der Waals surface area contributed by atoms with Crippen LogP contribution in [0.25, 0.3) is 11.4 Å². The van der Waals surface area contributed by atoms with Gasteiger partial charge in [-0.1, -0.05) is 18.2 Å². The predicted octanol–water partition coefficient (Wildman–Crippen LogP) is 2.08. The van der Waals surface area contributed by atoms with Crippen LogP contribution < -0.4 is 10.1 Å². The number of rotatable bonds is 6. The predicted molar refractivity (Wildman–Crippen MR) is 86.6 cm³/mol. The number of aromatic nitrogens is 4. The third kappa shape index (κ3) is 3.46. The summed E-state index contributed by atoms with van der Waals surface area (Å²) >= 11 is 0. The van der Waals surface area contributed by atoms with Gasteiger partial charge in [-0.15, -0.1) is 10.2 Å². The largest absolute Gasteiger partial charge is 0.497 e. The second kappa shape index (κ2) is 6.89. The third-order valence-electron chi connectivity index (χ3n) is 3.27. The molecule has 0 aliphatic heterocycles. The van der Waals surface area contributed by atoms with Gasteiger partial charge in [0.1, 0.15) is 5.75 Å². The maximum Gasteiger partial charge on any atom is 0.207 e. The highest BCUT2D eigenvalue weighted by Gasteiger charge is 2.11. The van der Waals surface area contributed by atoms with E-state index in [1.54, 1.807) is 7.11 Å². The number of para-hydroxylation sites is 1. The summed E-state index contributed by atoms with van der Waals surface area (Å²) in [5.74, 6) is 1.28. The SMILES string of the molecule is COc1cccc(Nc2ccccc2-c2nnn(CCO)n2)c1. The highest BCUT2D eigenvalue weighted by molar-refractivity contribution is 5.77. The minimum absolute atomic E-state index is 0.0283. The van der Waals surface area contributed by atoms with E-state index in [4.69, 9.17) is 9.84 Å². The van der Waals surface area contributed by atoms with Gasteiger partial charge in [-0.3, -0.25) is 0 Å². The molecule has 2 aromatic carbocycles. The van der Waals surface area contributed by atoms with Crippen LogP contribution in [0.5, 0.6) is 5.75 Å². The normalized spacial score (nSPS) is 10.5. The molecule has 0 bridgehead atoms. The molecule has 0 atom stereocenters. The van der Waals surface area contributed by atoms with Crippen LogP contribution in [0, 0.1) is 0 Å². The van der Waals surface area contributed by atoms with Crippen LogP contribution in [0.3, 0.4) is 0 Å². The standard InChI is InChI=1S/C16H17N5O2/c1-23-13-6-4-5-12(11-13)17-15-8-3-2-7-14(15)16-18-20-21(19-16)9-10-22/h2-8,11,17,22H,9-10H2,1H3. The fourth-order valence-corrected chi connectivity index (χ4v) is 2.18. The fraction of sp³-hybridized carbons (Fsp3) is 0.188. The average molecular weight is 311 g/mol. The first-order valence-corrected chi connectivity index (χ1v) is 7.19. The van der Waals surface area contributed by atoms with Gasteiger partial charge in [-0.05, 0) is 29.5 Å². The molecule has 0 spiro atoms. The highest BCUT2D eigenvalue weighted by atomic mass is 16.5. The van der Waals surface area contributed by atoms with E-state index in [0.717, 1.165) is 22.7 Å². The van der Waals surface area contributed by atoms with Crippen LogP contribution in [0.4, 0.5) is 11.4 Å². The van der Waals surface area contributed by atoms with Crippen molar-refractivity contribution in [3.8, 4) is 17.1 Å². The Morgan fingerprint density at radius 1 is 1.17 bits per heavy atom. The van der Waals surface area contributed by atoms with E-state index in [9.17, 15) is 0 Å². The van der Waals surface area contributed by atoms with Crippen LogP contribution in [0.2, 0.25) is 0 Å². The van der Waals surface area contributed by atoms with Crippen LogP contribution in [-0.4, -0.2) is 39.0 Å². The van der Waals surface area contributed by atoms with Crippen molar-refractivity contribution in [1.29, 1.82) is 0 Å². The lowest BCUT2D eigenvalue weighted by Gasteiger charge is -2.10. The molecule has 0 aliphatic rings. The van der Waals surface area contributed by atoms with Gasteiger partial charge in [0.2, 0.25) is 5.82 Å². The Morgan fingerprint density at radius 2 is 2.04 bits per heavy atom. The van der Waals surface area contributed by atoms with Crippen molar-refractivity contribution in [1.82, 2.24) is 20.2 Å². The maximum atomic E-state index is 8.95. The Hall–Kier alpha value is -2.93. The molecule has 0 radical (unpaired) electrons. The molecule has 1 aromatic heterocycles. The summed E-state index contributed by atoms with van der Waals surface area (Å²) in [7, 11) is 1.64. The van der Waals surface area contributed by atoms with Crippen molar-refractivity contribution in [3.63, 3.8) is 0 Å². The number of benzene rings is 2. The quantitative estimate of drug-likeness (QED) is 0.725. The summed E-state index contributed by atoms with van der Waals surface area (Å²) in [6.07, 6.45) is 0. The molecule has 0 fully saturated rings. The molecule has 2 N–H and O–H groups in total. The Balaban J connectivity index is 1.90. The van der Waals surface area contributed by atoms with Gasteiger partial charge in [-0.2, -0.15) is 4.80 Å². The Kier molecular flexibility index (Phi) is 4.49. The van der Waals surface area contributed by atoms with Crippen LogP contribution >= 0.6 is 0 Å². The van der Waals surface area contributed by atoms with Crippen molar-refractivity contribution in [2.45, 2.75) is 6.54 Å². The monoisotopic (exact) mass is 311 g/mol. The first kappa shape index (κ1) is 15.0. The van der Waals surface area contributed by atoms with Crippen LogP contribution in [-0.2, 0) is 6.54 Å². The number of hydrogen-bond donors (Lipinski definition) is 2. The average Bonchev–Trinajstić information content (AvgIpc) is 3.04. The van der Waals surface area contributed by atoms with E-state index < -0.39 is 0 Å². The van der Waals surface area contributed by atoms with Gasteiger partial charge >= 0.3 is 0 Å². The Morgan fingerprint density at radius 3 is 2.87 bits per heavy atom. The molecule has 0 saturated heterocycles. The van der Waals surface area contributed by atoms with Crippen molar-refractivity contribution < 1.29 is 9.84 Å².